The van der Waals surface area contributed by atoms with E-state index in [1.807, 2.05) is 36.4 Å². The first kappa shape index (κ1) is 19.4. The van der Waals surface area contributed by atoms with Gasteiger partial charge in [0.15, 0.2) is 0 Å². The van der Waals surface area contributed by atoms with Crippen LogP contribution in [0.2, 0.25) is 0 Å². The van der Waals surface area contributed by atoms with Crippen LogP contribution in [0.5, 0.6) is 0 Å². The number of aliphatic carboxylic acids is 2. The Hall–Kier alpha value is -3.41. The normalized spacial score (nSPS) is 12.6. The molecule has 0 heterocycles. The van der Waals surface area contributed by atoms with Crippen LogP contribution in [0.25, 0.3) is 16.7 Å². The molecule has 0 saturated carbocycles. The number of carboxylic acids is 2. The van der Waals surface area contributed by atoms with Crippen molar-refractivity contribution in [3.05, 3.63) is 65.7 Å². The van der Waals surface area contributed by atoms with Gasteiger partial charge in [-0.05, 0) is 40.7 Å². The average Bonchev–Trinajstić information content (AvgIpc) is 3.04. The van der Waals surface area contributed by atoms with E-state index in [2.05, 4.69) is 12.6 Å². The highest BCUT2D eigenvalue weighted by Crippen LogP contribution is 2.39. The van der Waals surface area contributed by atoms with Crippen molar-refractivity contribution < 1.29 is 29.3 Å². The second-order valence-electron chi connectivity index (χ2n) is 6.70. The first-order valence-electron chi connectivity index (χ1n) is 8.89. The average molecular weight is 380 g/mol. The lowest BCUT2D eigenvalue weighted by Crippen LogP contribution is -2.20. The van der Waals surface area contributed by atoms with E-state index in [9.17, 15) is 14.4 Å². The van der Waals surface area contributed by atoms with E-state index in [4.69, 9.17) is 14.9 Å². The highest BCUT2D eigenvalue weighted by Gasteiger charge is 2.25. The molecule has 1 aliphatic rings. The van der Waals surface area contributed by atoms with E-state index < -0.39 is 30.2 Å². The zero-order chi connectivity index (χ0) is 20.3. The summed E-state index contributed by atoms with van der Waals surface area (Å²) in [6.07, 6.45) is 0.116. The summed E-state index contributed by atoms with van der Waals surface area (Å²) in [5.41, 5.74) is 5.31. The van der Waals surface area contributed by atoms with Crippen LogP contribution in [0.3, 0.4) is 0 Å². The van der Waals surface area contributed by atoms with Gasteiger partial charge in [0.2, 0.25) is 0 Å². The van der Waals surface area contributed by atoms with Gasteiger partial charge in [-0.15, -0.1) is 0 Å². The summed E-state index contributed by atoms with van der Waals surface area (Å²) < 4.78 is 5.16. The molecular formula is C22H20O6. The second-order valence-corrected chi connectivity index (χ2v) is 6.70. The summed E-state index contributed by atoms with van der Waals surface area (Å²) in [4.78, 5) is 34.2. The number of benzene rings is 2. The maximum absolute atomic E-state index is 12.4. The fraction of sp³-hybridized carbons (Fsp3) is 0.227. The third-order valence-corrected chi connectivity index (χ3v) is 4.89. The maximum Gasteiger partial charge on any atom is 0.338 e. The molecule has 0 saturated heterocycles. The standard InChI is InChI=1S/C22H20O6/c1-13(22(27)28-10-9-15(21(25)26)12-20(23)24)16-7-4-8-18-17-6-3-2-5-14(17)11-19(16)18/h2-8,15H,1,9-12H2,(H,23,24)(H,25,26). The van der Waals surface area contributed by atoms with E-state index in [1.165, 1.54) is 5.56 Å². The van der Waals surface area contributed by atoms with Crippen LogP contribution in [-0.2, 0) is 25.5 Å². The van der Waals surface area contributed by atoms with Crippen LogP contribution in [-0.4, -0.2) is 34.7 Å². The minimum absolute atomic E-state index is 0.0704. The van der Waals surface area contributed by atoms with Gasteiger partial charge in [0, 0.05) is 0 Å². The molecule has 0 fully saturated rings. The van der Waals surface area contributed by atoms with Crippen molar-refractivity contribution in [2.75, 3.05) is 6.61 Å². The van der Waals surface area contributed by atoms with Crippen molar-refractivity contribution in [2.45, 2.75) is 19.3 Å². The van der Waals surface area contributed by atoms with E-state index in [0.717, 1.165) is 16.7 Å². The number of carbonyl (C=O) groups is 3. The monoisotopic (exact) mass is 380 g/mol. The van der Waals surface area contributed by atoms with Crippen molar-refractivity contribution in [2.24, 2.45) is 5.92 Å². The Labute approximate surface area is 162 Å². The third-order valence-electron chi connectivity index (χ3n) is 4.89. The SMILES string of the molecule is C=C(C(=O)OCCC(CC(=O)O)C(=O)O)c1cccc2c1Cc1ccccc1-2. The zero-order valence-electron chi connectivity index (χ0n) is 15.2. The van der Waals surface area contributed by atoms with Crippen LogP contribution < -0.4 is 0 Å². The van der Waals surface area contributed by atoms with Crippen molar-refractivity contribution in [3.63, 3.8) is 0 Å². The van der Waals surface area contributed by atoms with Crippen molar-refractivity contribution in [1.29, 1.82) is 0 Å². The molecule has 2 N–H and O–H groups in total. The van der Waals surface area contributed by atoms with Gasteiger partial charge in [-0.1, -0.05) is 49.0 Å². The number of fused-ring (bicyclic) bond motifs is 3. The molecule has 3 rings (SSSR count). The van der Waals surface area contributed by atoms with Gasteiger partial charge in [0.25, 0.3) is 0 Å². The number of rotatable bonds is 8. The predicted octanol–water partition coefficient (Wildman–Crippen LogP) is 3.38. The molecule has 1 aliphatic carbocycles. The van der Waals surface area contributed by atoms with Crippen LogP contribution >= 0.6 is 0 Å². The molecular weight excluding hydrogens is 360 g/mol. The molecule has 0 aliphatic heterocycles. The topological polar surface area (TPSA) is 101 Å². The van der Waals surface area contributed by atoms with Crippen LogP contribution in [0.1, 0.15) is 29.5 Å². The van der Waals surface area contributed by atoms with Crippen molar-refractivity contribution in [3.8, 4) is 11.1 Å². The first-order valence-corrected chi connectivity index (χ1v) is 8.89. The molecule has 144 valence electrons. The van der Waals surface area contributed by atoms with Gasteiger partial charge in [-0.25, -0.2) is 4.79 Å². The molecule has 0 radical (unpaired) electrons. The third kappa shape index (κ3) is 3.96. The van der Waals surface area contributed by atoms with E-state index in [-0.39, 0.29) is 18.6 Å². The number of carboxylic acid groups (broad SMARTS) is 2. The molecule has 0 aromatic heterocycles. The smallest absolute Gasteiger partial charge is 0.338 e. The highest BCUT2D eigenvalue weighted by atomic mass is 16.5. The van der Waals surface area contributed by atoms with Crippen LogP contribution in [0.4, 0.5) is 0 Å². The van der Waals surface area contributed by atoms with Gasteiger partial charge in [0.1, 0.15) is 0 Å². The van der Waals surface area contributed by atoms with E-state index in [1.54, 1.807) is 0 Å². The molecule has 6 heteroatoms. The molecule has 0 spiro atoms. The van der Waals surface area contributed by atoms with Gasteiger partial charge in [-0.2, -0.15) is 0 Å². The zero-order valence-corrected chi connectivity index (χ0v) is 15.2. The van der Waals surface area contributed by atoms with Gasteiger partial charge >= 0.3 is 17.9 Å². The summed E-state index contributed by atoms with van der Waals surface area (Å²) in [5.74, 6) is -4.17. The number of esters is 1. The minimum Gasteiger partial charge on any atom is -0.481 e. The first-order chi connectivity index (χ1) is 13.4. The molecule has 1 atom stereocenters. The summed E-state index contributed by atoms with van der Waals surface area (Å²) in [6.45, 7) is 3.68. The molecule has 28 heavy (non-hydrogen) atoms. The van der Waals surface area contributed by atoms with Gasteiger partial charge in [-0.3, -0.25) is 9.59 Å². The van der Waals surface area contributed by atoms with Gasteiger partial charge in [0.05, 0.1) is 24.5 Å². The number of hydrogen-bond acceptors (Lipinski definition) is 4. The van der Waals surface area contributed by atoms with Gasteiger partial charge < -0.3 is 14.9 Å². The lowest BCUT2D eigenvalue weighted by molar-refractivity contribution is -0.149. The Morgan fingerprint density at radius 2 is 1.75 bits per heavy atom. The number of ether oxygens (including phenoxy) is 1. The Bertz CT molecular complexity index is 959. The Morgan fingerprint density at radius 3 is 2.46 bits per heavy atom. The predicted molar refractivity (Wildman–Crippen MR) is 103 cm³/mol. The fourth-order valence-corrected chi connectivity index (χ4v) is 3.45. The Morgan fingerprint density at radius 1 is 1.04 bits per heavy atom. The minimum atomic E-state index is -1.23. The summed E-state index contributed by atoms with van der Waals surface area (Å²) >= 11 is 0. The van der Waals surface area contributed by atoms with E-state index in [0.29, 0.717) is 12.0 Å². The number of hydrogen-bond donors (Lipinski definition) is 2. The maximum atomic E-state index is 12.4. The lowest BCUT2D eigenvalue weighted by Gasteiger charge is -2.13. The quantitative estimate of drug-likeness (QED) is 0.459. The molecule has 1 unspecified atom stereocenters. The van der Waals surface area contributed by atoms with Crippen LogP contribution in [0, 0.1) is 5.92 Å². The van der Waals surface area contributed by atoms with Crippen LogP contribution in [0.15, 0.2) is 49.0 Å². The molecule has 6 nitrogen and oxygen atoms in total. The summed E-state index contributed by atoms with van der Waals surface area (Å²) in [7, 11) is 0. The van der Waals surface area contributed by atoms with E-state index >= 15 is 0 Å². The fourth-order valence-electron chi connectivity index (χ4n) is 3.45. The highest BCUT2D eigenvalue weighted by molar-refractivity contribution is 6.16. The largest absolute Gasteiger partial charge is 0.481 e. The Balaban J connectivity index is 1.68. The summed E-state index contributed by atoms with van der Waals surface area (Å²) in [5, 5.41) is 17.8. The van der Waals surface area contributed by atoms with Crippen molar-refractivity contribution in [1.82, 2.24) is 0 Å². The number of carbonyl (C=O) groups excluding carboxylic acids is 1. The summed E-state index contributed by atoms with van der Waals surface area (Å²) in [6, 6.07) is 13.7. The lowest BCUT2D eigenvalue weighted by atomic mass is 9.96. The Kier molecular flexibility index (Phi) is 5.59. The molecule has 0 amide bonds. The molecule has 0 bridgehead atoms. The molecule has 2 aromatic rings. The van der Waals surface area contributed by atoms with Crippen molar-refractivity contribution >= 4 is 23.5 Å². The molecule has 2 aromatic carbocycles. The second kappa shape index (κ2) is 8.08.